The number of carbonyl (C=O) groups is 1. The molecule has 1 aliphatic carbocycles. The van der Waals surface area contributed by atoms with Crippen LogP contribution in [0.4, 0.5) is 13.2 Å². The molecule has 0 unspecified atom stereocenters. The minimum atomic E-state index is -4.34. The summed E-state index contributed by atoms with van der Waals surface area (Å²) in [5.41, 5.74) is 4.99. The van der Waals surface area contributed by atoms with Gasteiger partial charge in [0.25, 0.3) is 0 Å². The molecule has 19 heavy (non-hydrogen) atoms. The van der Waals surface area contributed by atoms with Gasteiger partial charge in [-0.1, -0.05) is 12.1 Å². The molecule has 104 valence electrons. The summed E-state index contributed by atoms with van der Waals surface area (Å²) < 4.78 is 37.2. The highest BCUT2D eigenvalue weighted by atomic mass is 19.4. The largest absolute Gasteiger partial charge is 0.416 e. The Labute approximate surface area is 109 Å². The van der Waals surface area contributed by atoms with Crippen molar-refractivity contribution in [1.82, 2.24) is 4.90 Å². The highest BCUT2D eigenvalue weighted by molar-refractivity contribution is 5.88. The van der Waals surface area contributed by atoms with Crippen LogP contribution in [0.15, 0.2) is 24.3 Å². The van der Waals surface area contributed by atoms with Gasteiger partial charge >= 0.3 is 6.18 Å². The lowest BCUT2D eigenvalue weighted by molar-refractivity contribution is -0.137. The molecule has 1 fully saturated rings. The molecule has 1 saturated carbocycles. The van der Waals surface area contributed by atoms with Crippen LogP contribution >= 0.6 is 0 Å². The second kappa shape index (κ2) is 4.52. The van der Waals surface area contributed by atoms with E-state index in [1.165, 1.54) is 17.0 Å². The van der Waals surface area contributed by atoms with Crippen molar-refractivity contribution in [3.05, 3.63) is 35.4 Å². The van der Waals surface area contributed by atoms with Crippen LogP contribution < -0.4 is 5.73 Å². The van der Waals surface area contributed by atoms with Gasteiger partial charge in [0.15, 0.2) is 0 Å². The summed E-state index contributed by atoms with van der Waals surface area (Å²) in [4.78, 5) is 13.3. The van der Waals surface area contributed by atoms with Gasteiger partial charge < -0.3 is 10.6 Å². The fraction of sp³-hybridized carbons (Fsp3) is 0.462. The van der Waals surface area contributed by atoms with Gasteiger partial charge in [0, 0.05) is 13.6 Å². The van der Waals surface area contributed by atoms with Gasteiger partial charge in [0.1, 0.15) is 0 Å². The summed E-state index contributed by atoms with van der Waals surface area (Å²) in [6, 6.07) is 4.79. The van der Waals surface area contributed by atoms with Crippen molar-refractivity contribution < 1.29 is 18.0 Å². The van der Waals surface area contributed by atoms with E-state index < -0.39 is 17.3 Å². The highest BCUT2D eigenvalue weighted by Gasteiger charge is 2.47. The van der Waals surface area contributed by atoms with E-state index in [2.05, 4.69) is 0 Å². The quantitative estimate of drug-likeness (QED) is 0.916. The van der Waals surface area contributed by atoms with Crippen LogP contribution in [-0.2, 0) is 17.5 Å². The number of nitrogens with zero attached hydrogens (tertiary/aromatic N) is 1. The van der Waals surface area contributed by atoms with Gasteiger partial charge in [-0.3, -0.25) is 4.79 Å². The monoisotopic (exact) mass is 272 g/mol. The average Bonchev–Trinajstić information content (AvgIpc) is 3.07. The molecule has 0 saturated heterocycles. The average molecular weight is 272 g/mol. The van der Waals surface area contributed by atoms with Crippen LogP contribution in [0.25, 0.3) is 0 Å². The van der Waals surface area contributed by atoms with Crippen molar-refractivity contribution >= 4 is 5.91 Å². The summed E-state index contributed by atoms with van der Waals surface area (Å²) in [7, 11) is 1.60. The normalized spacial score (nSPS) is 17.1. The molecule has 2 N–H and O–H groups in total. The Morgan fingerprint density at radius 1 is 1.32 bits per heavy atom. The Hall–Kier alpha value is -1.56. The first kappa shape index (κ1) is 13.9. The van der Waals surface area contributed by atoms with E-state index in [-0.39, 0.29) is 12.5 Å². The van der Waals surface area contributed by atoms with E-state index in [1.54, 1.807) is 7.05 Å². The van der Waals surface area contributed by atoms with Crippen LogP contribution in [0.5, 0.6) is 0 Å². The van der Waals surface area contributed by atoms with E-state index in [1.807, 2.05) is 0 Å². The molecular weight excluding hydrogens is 257 g/mol. The highest BCUT2D eigenvalue weighted by Crippen LogP contribution is 2.34. The molecule has 0 heterocycles. The van der Waals surface area contributed by atoms with Crippen LogP contribution in [0.2, 0.25) is 0 Å². The Kier molecular flexibility index (Phi) is 3.30. The second-order valence-corrected chi connectivity index (χ2v) is 5.01. The minimum Gasteiger partial charge on any atom is -0.340 e. The number of likely N-dealkylation sites (N-methyl/N-ethyl adjacent to an activating group) is 1. The maximum absolute atomic E-state index is 12.4. The van der Waals surface area contributed by atoms with E-state index in [4.69, 9.17) is 5.73 Å². The minimum absolute atomic E-state index is 0.160. The Balaban J connectivity index is 2.02. The molecule has 1 amide bonds. The van der Waals surface area contributed by atoms with Gasteiger partial charge in [-0.15, -0.1) is 0 Å². The van der Waals surface area contributed by atoms with Crippen molar-refractivity contribution in [2.24, 2.45) is 5.73 Å². The first-order valence-electron chi connectivity index (χ1n) is 5.93. The van der Waals surface area contributed by atoms with E-state index in [0.717, 1.165) is 12.1 Å². The van der Waals surface area contributed by atoms with Gasteiger partial charge in [-0.05, 0) is 30.5 Å². The molecule has 1 aromatic rings. The standard InChI is InChI=1S/C13H15F3N2O/c1-18(11(19)12(17)6-7-12)8-9-2-4-10(5-3-9)13(14,15)16/h2-5H,6-8,17H2,1H3. The molecule has 1 aromatic carbocycles. The summed E-state index contributed by atoms with van der Waals surface area (Å²) in [6.45, 7) is 0.260. The number of alkyl halides is 3. The SMILES string of the molecule is CN(Cc1ccc(C(F)(F)F)cc1)C(=O)C1(N)CC1. The lowest BCUT2D eigenvalue weighted by Crippen LogP contribution is -2.43. The van der Waals surface area contributed by atoms with Gasteiger partial charge in [0.2, 0.25) is 5.91 Å². The Morgan fingerprint density at radius 2 is 1.84 bits per heavy atom. The van der Waals surface area contributed by atoms with E-state index in [0.29, 0.717) is 18.4 Å². The Bertz CT molecular complexity index is 478. The lowest BCUT2D eigenvalue weighted by atomic mass is 10.1. The zero-order chi connectivity index (χ0) is 14.3. The molecule has 3 nitrogen and oxygen atoms in total. The van der Waals surface area contributed by atoms with Crippen LogP contribution in [0.1, 0.15) is 24.0 Å². The predicted octanol–water partition coefficient (Wildman–Crippen LogP) is 2.16. The summed E-state index contributed by atoms with van der Waals surface area (Å²) in [5.74, 6) is -0.160. The molecule has 1 aliphatic rings. The second-order valence-electron chi connectivity index (χ2n) is 5.01. The van der Waals surface area contributed by atoms with Crippen molar-refractivity contribution in [2.75, 3.05) is 7.05 Å². The molecule has 0 aromatic heterocycles. The summed E-state index contributed by atoms with van der Waals surface area (Å²) >= 11 is 0. The molecule has 0 aliphatic heterocycles. The third-order valence-corrected chi connectivity index (χ3v) is 3.26. The maximum atomic E-state index is 12.4. The first-order chi connectivity index (χ1) is 8.72. The van der Waals surface area contributed by atoms with Crippen LogP contribution in [0.3, 0.4) is 0 Å². The number of nitrogens with two attached hydrogens (primary N) is 1. The molecule has 2 rings (SSSR count). The molecule has 0 bridgehead atoms. The molecule has 0 spiro atoms. The topological polar surface area (TPSA) is 46.3 Å². The maximum Gasteiger partial charge on any atom is 0.416 e. The van der Waals surface area contributed by atoms with Crippen molar-refractivity contribution in [1.29, 1.82) is 0 Å². The van der Waals surface area contributed by atoms with E-state index in [9.17, 15) is 18.0 Å². The fourth-order valence-electron chi connectivity index (χ4n) is 1.87. The van der Waals surface area contributed by atoms with E-state index >= 15 is 0 Å². The molecule has 0 radical (unpaired) electrons. The number of hydrogen-bond donors (Lipinski definition) is 1. The van der Waals surface area contributed by atoms with Crippen molar-refractivity contribution in [3.63, 3.8) is 0 Å². The van der Waals surface area contributed by atoms with Crippen LogP contribution in [-0.4, -0.2) is 23.4 Å². The zero-order valence-electron chi connectivity index (χ0n) is 10.5. The third-order valence-electron chi connectivity index (χ3n) is 3.26. The smallest absolute Gasteiger partial charge is 0.340 e. The molecular formula is C13H15F3N2O. The van der Waals surface area contributed by atoms with Crippen molar-refractivity contribution in [3.8, 4) is 0 Å². The van der Waals surface area contributed by atoms with Crippen molar-refractivity contribution in [2.45, 2.75) is 31.1 Å². The third kappa shape index (κ3) is 3.07. The number of amides is 1. The fourth-order valence-corrected chi connectivity index (χ4v) is 1.87. The summed E-state index contributed by atoms with van der Waals surface area (Å²) in [6.07, 6.45) is -3.00. The van der Waals surface area contributed by atoms with Gasteiger partial charge in [-0.2, -0.15) is 13.2 Å². The first-order valence-corrected chi connectivity index (χ1v) is 5.93. The number of carbonyl (C=O) groups excluding carboxylic acids is 1. The Morgan fingerprint density at radius 3 is 2.26 bits per heavy atom. The predicted molar refractivity (Wildman–Crippen MR) is 64.1 cm³/mol. The number of halogens is 3. The van der Waals surface area contributed by atoms with Gasteiger partial charge in [-0.25, -0.2) is 0 Å². The van der Waals surface area contributed by atoms with Gasteiger partial charge in [0.05, 0.1) is 11.1 Å². The number of benzene rings is 1. The number of hydrogen-bond acceptors (Lipinski definition) is 2. The summed E-state index contributed by atoms with van der Waals surface area (Å²) in [5, 5.41) is 0. The molecule has 6 heteroatoms. The lowest BCUT2D eigenvalue weighted by Gasteiger charge is -2.21. The van der Waals surface area contributed by atoms with Crippen LogP contribution in [0, 0.1) is 0 Å². The number of rotatable bonds is 3. The molecule has 0 atom stereocenters. The zero-order valence-corrected chi connectivity index (χ0v) is 10.5.